The topological polar surface area (TPSA) is 72.9 Å². The minimum absolute atomic E-state index is 0.0110. The van der Waals surface area contributed by atoms with Crippen molar-refractivity contribution < 1.29 is 9.18 Å². The Morgan fingerprint density at radius 1 is 1.47 bits per heavy atom. The summed E-state index contributed by atoms with van der Waals surface area (Å²) < 4.78 is 15.4. The number of nitrogens with two attached hydrogens (primary N) is 1. The van der Waals surface area contributed by atoms with Crippen LogP contribution in [0.1, 0.15) is 16.8 Å². The van der Waals surface area contributed by atoms with Crippen molar-refractivity contribution >= 4 is 11.6 Å². The summed E-state index contributed by atoms with van der Waals surface area (Å²) in [7, 11) is 0. The largest absolute Gasteiger partial charge is 0.399 e. The van der Waals surface area contributed by atoms with Crippen LogP contribution in [0.4, 0.5) is 10.1 Å². The van der Waals surface area contributed by atoms with Crippen molar-refractivity contribution in [1.29, 1.82) is 0 Å². The summed E-state index contributed by atoms with van der Waals surface area (Å²) in [6.07, 6.45) is 6.00. The van der Waals surface area contributed by atoms with Crippen LogP contribution in [0.15, 0.2) is 36.9 Å². The van der Waals surface area contributed by atoms with Crippen LogP contribution in [0.3, 0.4) is 0 Å². The van der Waals surface area contributed by atoms with E-state index in [0.29, 0.717) is 12.2 Å². The lowest BCUT2D eigenvalue weighted by molar-refractivity contribution is 0.0949. The van der Waals surface area contributed by atoms with Gasteiger partial charge in [-0.25, -0.2) is 9.37 Å². The quantitative estimate of drug-likeness (QED) is 0.632. The van der Waals surface area contributed by atoms with Crippen molar-refractivity contribution in [3.05, 3.63) is 48.3 Å². The summed E-state index contributed by atoms with van der Waals surface area (Å²) in [6, 6.07) is 4.03. The van der Waals surface area contributed by atoms with E-state index < -0.39 is 11.7 Å². The first-order valence-corrected chi connectivity index (χ1v) is 5.96. The molecule has 0 bridgehead atoms. The van der Waals surface area contributed by atoms with Gasteiger partial charge in [0.25, 0.3) is 5.91 Å². The first-order valence-electron chi connectivity index (χ1n) is 5.96. The number of nitrogens with one attached hydrogen (secondary N) is 1. The summed E-state index contributed by atoms with van der Waals surface area (Å²) in [5.74, 6) is -1.03. The Balaban J connectivity index is 1.81. The minimum atomic E-state index is -0.605. The molecule has 0 saturated carbocycles. The Labute approximate surface area is 110 Å². The zero-order chi connectivity index (χ0) is 13.7. The zero-order valence-electron chi connectivity index (χ0n) is 10.3. The Kier molecular flexibility index (Phi) is 4.12. The fraction of sp³-hybridized carbons (Fsp3) is 0.231. The molecule has 2 aromatic rings. The molecule has 1 aromatic heterocycles. The number of carbonyl (C=O) groups is 1. The SMILES string of the molecule is Nc1ccc(C(=O)NCCCn2ccnc2)c(F)c1. The van der Waals surface area contributed by atoms with Crippen molar-refractivity contribution in [3.8, 4) is 0 Å². The molecule has 0 aliphatic carbocycles. The van der Waals surface area contributed by atoms with E-state index in [4.69, 9.17) is 5.73 Å². The van der Waals surface area contributed by atoms with Gasteiger partial charge in [-0.1, -0.05) is 0 Å². The first-order chi connectivity index (χ1) is 9.16. The molecule has 2 rings (SSSR count). The van der Waals surface area contributed by atoms with E-state index in [9.17, 15) is 9.18 Å². The molecule has 0 aliphatic heterocycles. The number of benzene rings is 1. The van der Waals surface area contributed by atoms with E-state index in [1.54, 1.807) is 12.5 Å². The van der Waals surface area contributed by atoms with Gasteiger partial charge in [0, 0.05) is 31.2 Å². The number of rotatable bonds is 5. The van der Waals surface area contributed by atoms with Crippen LogP contribution >= 0.6 is 0 Å². The molecule has 0 spiro atoms. The lowest BCUT2D eigenvalue weighted by Gasteiger charge is -2.07. The lowest BCUT2D eigenvalue weighted by Crippen LogP contribution is -2.26. The number of aryl methyl sites for hydroxylation is 1. The fourth-order valence-electron chi connectivity index (χ4n) is 1.69. The van der Waals surface area contributed by atoms with Gasteiger partial charge < -0.3 is 15.6 Å². The van der Waals surface area contributed by atoms with Gasteiger partial charge in [0.05, 0.1) is 11.9 Å². The Hall–Kier alpha value is -2.37. The van der Waals surface area contributed by atoms with E-state index in [2.05, 4.69) is 10.3 Å². The summed E-state index contributed by atoms with van der Waals surface area (Å²) in [5, 5.41) is 2.67. The number of aromatic nitrogens is 2. The van der Waals surface area contributed by atoms with E-state index in [1.807, 2.05) is 10.8 Å². The highest BCUT2D eigenvalue weighted by Gasteiger charge is 2.10. The monoisotopic (exact) mass is 262 g/mol. The molecule has 0 atom stereocenters. The molecule has 1 amide bonds. The summed E-state index contributed by atoms with van der Waals surface area (Å²) in [4.78, 5) is 15.6. The molecule has 0 saturated heterocycles. The van der Waals surface area contributed by atoms with Gasteiger partial charge in [-0.3, -0.25) is 4.79 Å². The van der Waals surface area contributed by atoms with E-state index >= 15 is 0 Å². The van der Waals surface area contributed by atoms with Gasteiger partial charge >= 0.3 is 0 Å². The molecule has 5 nitrogen and oxygen atoms in total. The van der Waals surface area contributed by atoms with Crippen LogP contribution in [-0.2, 0) is 6.54 Å². The molecule has 6 heteroatoms. The number of nitrogen functional groups attached to an aromatic ring is 1. The van der Waals surface area contributed by atoms with Gasteiger partial charge in [0.15, 0.2) is 0 Å². The van der Waals surface area contributed by atoms with Gasteiger partial charge in [0.2, 0.25) is 0 Å². The van der Waals surface area contributed by atoms with Crippen LogP contribution < -0.4 is 11.1 Å². The molecule has 19 heavy (non-hydrogen) atoms. The summed E-state index contributed by atoms with van der Waals surface area (Å²) in [5.41, 5.74) is 5.73. The number of carbonyl (C=O) groups excluding carboxylic acids is 1. The molecule has 3 N–H and O–H groups in total. The van der Waals surface area contributed by atoms with Crippen LogP contribution in [-0.4, -0.2) is 22.0 Å². The second kappa shape index (κ2) is 5.99. The summed E-state index contributed by atoms with van der Waals surface area (Å²) in [6.45, 7) is 1.23. The van der Waals surface area contributed by atoms with E-state index in [1.165, 1.54) is 12.1 Å². The van der Waals surface area contributed by atoms with E-state index in [0.717, 1.165) is 19.0 Å². The number of halogens is 1. The van der Waals surface area contributed by atoms with Crippen molar-refractivity contribution in [2.75, 3.05) is 12.3 Å². The number of anilines is 1. The maximum atomic E-state index is 13.5. The average Bonchev–Trinajstić information content (AvgIpc) is 2.87. The molecule has 100 valence electrons. The zero-order valence-corrected chi connectivity index (χ0v) is 10.3. The second-order valence-electron chi connectivity index (χ2n) is 4.15. The molecular formula is C13H15FN4O. The maximum Gasteiger partial charge on any atom is 0.254 e. The average molecular weight is 262 g/mol. The highest BCUT2D eigenvalue weighted by atomic mass is 19.1. The van der Waals surface area contributed by atoms with Crippen LogP contribution in [0.5, 0.6) is 0 Å². The number of amides is 1. The molecule has 1 heterocycles. The molecule has 0 unspecified atom stereocenters. The van der Waals surface area contributed by atoms with Crippen LogP contribution in [0.25, 0.3) is 0 Å². The maximum absolute atomic E-state index is 13.5. The molecular weight excluding hydrogens is 247 g/mol. The van der Waals surface area contributed by atoms with Gasteiger partial charge in [-0.2, -0.15) is 0 Å². The number of imidazole rings is 1. The highest BCUT2D eigenvalue weighted by Crippen LogP contribution is 2.11. The second-order valence-corrected chi connectivity index (χ2v) is 4.15. The molecule has 0 fully saturated rings. The molecule has 0 aliphatic rings. The molecule has 0 radical (unpaired) electrons. The first kappa shape index (κ1) is 13.1. The van der Waals surface area contributed by atoms with Crippen molar-refractivity contribution in [3.63, 3.8) is 0 Å². The molecule has 1 aromatic carbocycles. The number of hydrogen-bond donors (Lipinski definition) is 2. The number of hydrogen-bond acceptors (Lipinski definition) is 3. The Morgan fingerprint density at radius 2 is 2.32 bits per heavy atom. The van der Waals surface area contributed by atoms with Gasteiger partial charge in [-0.05, 0) is 24.6 Å². The standard InChI is InChI=1S/C13H15FN4O/c14-12-8-10(15)2-3-11(12)13(19)17-4-1-6-18-7-5-16-9-18/h2-3,5,7-9H,1,4,6,15H2,(H,17,19). The van der Waals surface area contributed by atoms with Crippen molar-refractivity contribution in [2.45, 2.75) is 13.0 Å². The minimum Gasteiger partial charge on any atom is -0.399 e. The summed E-state index contributed by atoms with van der Waals surface area (Å²) >= 11 is 0. The van der Waals surface area contributed by atoms with Gasteiger partial charge in [0.1, 0.15) is 5.82 Å². The fourth-order valence-corrected chi connectivity index (χ4v) is 1.69. The van der Waals surface area contributed by atoms with E-state index in [-0.39, 0.29) is 5.56 Å². The Bertz CT molecular complexity index is 554. The normalized spacial score (nSPS) is 10.4. The highest BCUT2D eigenvalue weighted by molar-refractivity contribution is 5.94. The van der Waals surface area contributed by atoms with Crippen molar-refractivity contribution in [1.82, 2.24) is 14.9 Å². The Morgan fingerprint density at radius 3 is 3.00 bits per heavy atom. The van der Waals surface area contributed by atoms with Crippen LogP contribution in [0.2, 0.25) is 0 Å². The lowest BCUT2D eigenvalue weighted by atomic mass is 10.2. The third-order valence-electron chi connectivity index (χ3n) is 2.68. The predicted octanol–water partition coefficient (Wildman–Crippen LogP) is 1.42. The smallest absolute Gasteiger partial charge is 0.254 e. The predicted molar refractivity (Wildman–Crippen MR) is 70.0 cm³/mol. The third-order valence-corrected chi connectivity index (χ3v) is 2.68. The number of nitrogens with zero attached hydrogens (tertiary/aromatic N) is 2. The van der Waals surface area contributed by atoms with Gasteiger partial charge in [-0.15, -0.1) is 0 Å². The van der Waals surface area contributed by atoms with Crippen LogP contribution in [0, 0.1) is 5.82 Å². The van der Waals surface area contributed by atoms with Crippen molar-refractivity contribution in [2.24, 2.45) is 0 Å². The third kappa shape index (κ3) is 3.54.